The van der Waals surface area contributed by atoms with E-state index < -0.39 is 30.2 Å². The molecule has 0 radical (unpaired) electrons. The standard InChI is InChI=1S/C20H20O9/c1-25-10-3-4-11(13(5-10)26-2)17-12-6-15-16(28-9-27-15)7-14(12)29-20(24,8-21)18(17)19(22)23/h3-7,17-18,21,24H,8-9H2,1-2H3,(H,22,23)/t17-,18+,20-/m1/s1. The van der Waals surface area contributed by atoms with E-state index in [9.17, 15) is 20.1 Å². The maximum Gasteiger partial charge on any atom is 0.314 e. The molecule has 9 heteroatoms. The lowest BCUT2D eigenvalue weighted by Crippen LogP contribution is -2.55. The van der Waals surface area contributed by atoms with E-state index in [1.165, 1.54) is 20.3 Å². The Morgan fingerprint density at radius 3 is 2.45 bits per heavy atom. The van der Waals surface area contributed by atoms with E-state index in [-0.39, 0.29) is 12.5 Å². The Morgan fingerprint density at radius 1 is 1.10 bits per heavy atom. The zero-order valence-electron chi connectivity index (χ0n) is 15.7. The summed E-state index contributed by atoms with van der Waals surface area (Å²) in [5.74, 6) is -4.23. The molecule has 0 saturated heterocycles. The minimum absolute atomic E-state index is 0.0153. The van der Waals surface area contributed by atoms with Gasteiger partial charge in [-0.05, 0) is 12.1 Å². The minimum atomic E-state index is -2.36. The summed E-state index contributed by atoms with van der Waals surface area (Å²) in [6, 6.07) is 8.08. The highest BCUT2D eigenvalue weighted by Gasteiger charge is 2.54. The van der Waals surface area contributed by atoms with Gasteiger partial charge in [0.1, 0.15) is 29.8 Å². The van der Waals surface area contributed by atoms with Crippen molar-refractivity contribution in [3.05, 3.63) is 41.5 Å². The van der Waals surface area contributed by atoms with Crippen LogP contribution in [0.25, 0.3) is 0 Å². The number of aliphatic carboxylic acids is 1. The molecule has 0 bridgehead atoms. The Morgan fingerprint density at radius 2 is 1.83 bits per heavy atom. The number of carboxylic acids is 1. The first-order valence-corrected chi connectivity index (χ1v) is 8.82. The van der Waals surface area contributed by atoms with E-state index >= 15 is 0 Å². The summed E-state index contributed by atoms with van der Waals surface area (Å²) in [6.45, 7) is -0.909. The van der Waals surface area contributed by atoms with Crippen molar-refractivity contribution in [1.82, 2.24) is 0 Å². The van der Waals surface area contributed by atoms with Gasteiger partial charge in [-0.25, -0.2) is 0 Å². The zero-order chi connectivity index (χ0) is 20.8. The maximum atomic E-state index is 12.2. The van der Waals surface area contributed by atoms with Crippen molar-refractivity contribution in [2.75, 3.05) is 27.6 Å². The number of aliphatic hydroxyl groups excluding tert-OH is 1. The molecule has 0 saturated carbocycles. The molecule has 2 aromatic carbocycles. The predicted octanol–water partition coefficient (Wildman–Crippen LogP) is 1.34. The van der Waals surface area contributed by atoms with Gasteiger partial charge in [0.25, 0.3) is 0 Å². The quantitative estimate of drug-likeness (QED) is 0.677. The smallest absolute Gasteiger partial charge is 0.314 e. The molecule has 3 N–H and O–H groups in total. The summed E-state index contributed by atoms with van der Waals surface area (Å²) in [5, 5.41) is 30.7. The van der Waals surface area contributed by atoms with Gasteiger partial charge < -0.3 is 39.0 Å². The Kier molecular flexibility index (Phi) is 4.64. The van der Waals surface area contributed by atoms with Crippen LogP contribution in [0.1, 0.15) is 17.0 Å². The molecule has 0 aromatic heterocycles. The molecule has 0 fully saturated rings. The van der Waals surface area contributed by atoms with Gasteiger partial charge in [0, 0.05) is 29.2 Å². The van der Waals surface area contributed by atoms with Crippen LogP contribution < -0.4 is 23.7 Å². The number of fused-ring (bicyclic) bond motifs is 2. The van der Waals surface area contributed by atoms with Gasteiger partial charge in [-0.2, -0.15) is 0 Å². The molecule has 2 aliphatic rings. The topological polar surface area (TPSA) is 124 Å². The number of hydrogen-bond donors (Lipinski definition) is 3. The molecule has 4 rings (SSSR count). The summed E-state index contributed by atoms with van der Waals surface area (Å²) in [4.78, 5) is 12.2. The van der Waals surface area contributed by atoms with Gasteiger partial charge in [0.05, 0.1) is 14.2 Å². The fourth-order valence-corrected chi connectivity index (χ4v) is 3.85. The predicted molar refractivity (Wildman–Crippen MR) is 97.7 cm³/mol. The van der Waals surface area contributed by atoms with Crippen LogP contribution >= 0.6 is 0 Å². The normalized spacial score (nSPS) is 24.4. The van der Waals surface area contributed by atoms with Gasteiger partial charge in [0.2, 0.25) is 12.6 Å². The third kappa shape index (κ3) is 2.99. The summed E-state index contributed by atoms with van der Waals surface area (Å²) < 4.78 is 27.0. The molecule has 0 amide bonds. The van der Waals surface area contributed by atoms with Crippen molar-refractivity contribution in [3.63, 3.8) is 0 Å². The van der Waals surface area contributed by atoms with Gasteiger partial charge >= 0.3 is 5.97 Å². The van der Waals surface area contributed by atoms with Crippen LogP contribution in [-0.4, -0.2) is 54.7 Å². The van der Waals surface area contributed by atoms with E-state index in [0.717, 1.165) is 0 Å². The highest BCUT2D eigenvalue weighted by Crippen LogP contribution is 2.53. The van der Waals surface area contributed by atoms with Crippen LogP contribution in [0, 0.1) is 5.92 Å². The average molecular weight is 404 g/mol. The molecule has 0 unspecified atom stereocenters. The molecule has 2 heterocycles. The van der Waals surface area contributed by atoms with E-state index in [0.29, 0.717) is 34.1 Å². The van der Waals surface area contributed by atoms with Gasteiger partial charge in [-0.3, -0.25) is 4.79 Å². The summed E-state index contributed by atoms with van der Waals surface area (Å²) >= 11 is 0. The van der Waals surface area contributed by atoms with Crippen LogP contribution in [0.2, 0.25) is 0 Å². The molecule has 0 spiro atoms. The molecule has 2 aromatic rings. The monoisotopic (exact) mass is 404 g/mol. The minimum Gasteiger partial charge on any atom is -0.497 e. The van der Waals surface area contributed by atoms with Crippen molar-refractivity contribution < 1.29 is 43.8 Å². The van der Waals surface area contributed by atoms with E-state index in [4.69, 9.17) is 23.7 Å². The van der Waals surface area contributed by atoms with Crippen LogP contribution in [0.3, 0.4) is 0 Å². The summed E-state index contributed by atoms with van der Waals surface area (Å²) in [5.41, 5.74) is 0.944. The molecule has 29 heavy (non-hydrogen) atoms. The molecule has 154 valence electrons. The van der Waals surface area contributed by atoms with E-state index in [2.05, 4.69) is 0 Å². The number of benzene rings is 2. The van der Waals surface area contributed by atoms with Crippen LogP contribution in [0.5, 0.6) is 28.7 Å². The second-order valence-electron chi connectivity index (χ2n) is 6.75. The van der Waals surface area contributed by atoms with Gasteiger partial charge in [0.15, 0.2) is 11.5 Å². The SMILES string of the molecule is COc1ccc([C@@H]2c3cc4c(cc3O[C@](O)(CO)[C@@H]2C(=O)O)OCO4)c(OC)c1. The largest absolute Gasteiger partial charge is 0.497 e. The van der Waals surface area contributed by atoms with Crippen LogP contribution in [-0.2, 0) is 4.79 Å². The first-order chi connectivity index (χ1) is 13.9. The first kappa shape index (κ1) is 19.2. The lowest BCUT2D eigenvalue weighted by atomic mass is 9.73. The lowest BCUT2D eigenvalue weighted by molar-refractivity contribution is -0.220. The molecule has 9 nitrogen and oxygen atoms in total. The number of carbonyl (C=O) groups is 1. The number of ether oxygens (including phenoxy) is 5. The van der Waals surface area contributed by atoms with Gasteiger partial charge in [-0.15, -0.1) is 0 Å². The Hall–Kier alpha value is -3.17. The van der Waals surface area contributed by atoms with Gasteiger partial charge in [-0.1, -0.05) is 6.07 Å². The lowest BCUT2D eigenvalue weighted by Gasteiger charge is -2.42. The third-order valence-electron chi connectivity index (χ3n) is 5.21. The van der Waals surface area contributed by atoms with Crippen molar-refractivity contribution in [2.24, 2.45) is 5.92 Å². The number of rotatable bonds is 5. The number of hydrogen-bond acceptors (Lipinski definition) is 8. The summed E-state index contributed by atoms with van der Waals surface area (Å²) in [6.07, 6.45) is 0. The Bertz CT molecular complexity index is 957. The fourth-order valence-electron chi connectivity index (χ4n) is 3.85. The summed E-state index contributed by atoms with van der Waals surface area (Å²) in [7, 11) is 2.95. The molecule has 0 aliphatic carbocycles. The van der Waals surface area contributed by atoms with Crippen molar-refractivity contribution in [2.45, 2.75) is 11.7 Å². The molecule has 2 aliphatic heterocycles. The second kappa shape index (κ2) is 7.02. The number of aliphatic hydroxyl groups is 2. The highest BCUT2D eigenvalue weighted by molar-refractivity contribution is 5.76. The number of methoxy groups -OCH3 is 2. The second-order valence-corrected chi connectivity index (χ2v) is 6.75. The average Bonchev–Trinajstić information content (AvgIpc) is 3.17. The Balaban J connectivity index is 1.97. The van der Waals surface area contributed by atoms with E-state index in [1.807, 2.05) is 0 Å². The van der Waals surface area contributed by atoms with E-state index in [1.54, 1.807) is 24.3 Å². The zero-order valence-corrected chi connectivity index (χ0v) is 15.7. The third-order valence-corrected chi connectivity index (χ3v) is 5.21. The molecular weight excluding hydrogens is 384 g/mol. The molecule has 3 atom stereocenters. The Labute approximate surface area is 166 Å². The first-order valence-electron chi connectivity index (χ1n) is 8.82. The van der Waals surface area contributed by atoms with Crippen LogP contribution in [0.4, 0.5) is 0 Å². The maximum absolute atomic E-state index is 12.2. The number of carboxylic acid groups (broad SMARTS) is 1. The highest BCUT2D eigenvalue weighted by atomic mass is 16.7. The molecular formula is C20H20O9. The van der Waals surface area contributed by atoms with Crippen LogP contribution in [0.15, 0.2) is 30.3 Å². The van der Waals surface area contributed by atoms with Crippen molar-refractivity contribution >= 4 is 5.97 Å². The fraction of sp³-hybridized carbons (Fsp3) is 0.350. The van der Waals surface area contributed by atoms with Crippen molar-refractivity contribution in [3.8, 4) is 28.7 Å². The van der Waals surface area contributed by atoms with Crippen molar-refractivity contribution in [1.29, 1.82) is 0 Å².